The van der Waals surface area contributed by atoms with Crippen molar-refractivity contribution in [2.75, 3.05) is 34.9 Å². The maximum absolute atomic E-state index is 12.4. The van der Waals surface area contributed by atoms with E-state index in [0.717, 1.165) is 43.6 Å². The summed E-state index contributed by atoms with van der Waals surface area (Å²) in [5.41, 5.74) is 0.965. The number of benzene rings is 1. The number of guanidine groups is 1. The molecule has 2 aromatic rings. The maximum atomic E-state index is 12.4. The van der Waals surface area contributed by atoms with Crippen LogP contribution in [0, 0.1) is 0 Å². The smallest absolute Gasteiger partial charge is 0.345 e. The van der Waals surface area contributed by atoms with E-state index in [9.17, 15) is 4.79 Å². The molecule has 0 aliphatic carbocycles. The van der Waals surface area contributed by atoms with E-state index in [-0.39, 0.29) is 5.69 Å². The van der Waals surface area contributed by atoms with E-state index in [4.69, 9.17) is 14.2 Å². The first-order chi connectivity index (χ1) is 15.1. The van der Waals surface area contributed by atoms with Crippen molar-refractivity contribution in [1.82, 2.24) is 25.0 Å². The standard InChI is InChI=1S/C21H32N6O4/c1-22-20(24-14-15-12-16(29-2)19(31-4)17(13-15)30-3)23-9-7-11-27-21(28)26-10-6-5-8-18(26)25-27/h12-13H,5-11,14H2,1-4H3,(H2,22,23,24). The van der Waals surface area contributed by atoms with Gasteiger partial charge in [-0.1, -0.05) is 0 Å². The number of aliphatic imine (C=N–C) groups is 1. The lowest BCUT2D eigenvalue weighted by atomic mass is 10.2. The van der Waals surface area contributed by atoms with E-state index < -0.39 is 0 Å². The fourth-order valence-corrected chi connectivity index (χ4v) is 3.67. The molecule has 1 aromatic heterocycles. The van der Waals surface area contributed by atoms with E-state index in [0.29, 0.717) is 42.8 Å². The number of methoxy groups -OCH3 is 3. The number of ether oxygens (including phenoxy) is 3. The van der Waals surface area contributed by atoms with Crippen LogP contribution in [-0.2, 0) is 26.1 Å². The van der Waals surface area contributed by atoms with Crippen molar-refractivity contribution in [3.05, 3.63) is 34.0 Å². The van der Waals surface area contributed by atoms with Gasteiger partial charge in [0.05, 0.1) is 21.3 Å². The largest absolute Gasteiger partial charge is 0.493 e. The molecule has 0 atom stereocenters. The van der Waals surface area contributed by atoms with Crippen molar-refractivity contribution in [3.8, 4) is 17.2 Å². The van der Waals surface area contributed by atoms with Gasteiger partial charge in [-0.15, -0.1) is 0 Å². The molecule has 2 heterocycles. The van der Waals surface area contributed by atoms with Gasteiger partial charge >= 0.3 is 5.69 Å². The molecule has 0 unspecified atom stereocenters. The van der Waals surface area contributed by atoms with Crippen LogP contribution in [0.2, 0.25) is 0 Å². The molecule has 0 saturated heterocycles. The predicted molar refractivity (Wildman–Crippen MR) is 118 cm³/mol. The molecule has 0 fully saturated rings. The number of aromatic nitrogens is 3. The minimum atomic E-state index is -0.000364. The zero-order valence-electron chi connectivity index (χ0n) is 18.7. The van der Waals surface area contributed by atoms with Crippen LogP contribution in [0.5, 0.6) is 17.2 Å². The number of hydrogen-bond donors (Lipinski definition) is 2. The average molecular weight is 433 g/mol. The van der Waals surface area contributed by atoms with Crippen LogP contribution < -0.4 is 30.5 Å². The Labute approximate surface area is 182 Å². The zero-order valence-corrected chi connectivity index (χ0v) is 18.7. The first-order valence-electron chi connectivity index (χ1n) is 10.5. The number of hydrogen-bond acceptors (Lipinski definition) is 6. The molecule has 31 heavy (non-hydrogen) atoms. The van der Waals surface area contributed by atoms with Crippen LogP contribution in [-0.4, -0.2) is 55.2 Å². The minimum absolute atomic E-state index is 0.000364. The number of nitrogens with zero attached hydrogens (tertiary/aromatic N) is 4. The van der Waals surface area contributed by atoms with Gasteiger partial charge in [0.2, 0.25) is 5.75 Å². The SMILES string of the molecule is CN=C(NCCCn1nc2n(c1=O)CCCC2)NCc1cc(OC)c(OC)c(OC)c1. The highest BCUT2D eigenvalue weighted by Gasteiger charge is 2.16. The normalized spacial score (nSPS) is 13.5. The molecule has 1 aromatic carbocycles. The van der Waals surface area contributed by atoms with Gasteiger partial charge in [-0.25, -0.2) is 9.48 Å². The van der Waals surface area contributed by atoms with E-state index in [2.05, 4.69) is 20.7 Å². The highest BCUT2D eigenvalue weighted by atomic mass is 16.5. The molecule has 0 saturated carbocycles. The molecule has 0 amide bonds. The second kappa shape index (κ2) is 10.7. The van der Waals surface area contributed by atoms with Gasteiger partial charge in [-0.05, 0) is 37.0 Å². The number of rotatable bonds is 9. The molecular weight excluding hydrogens is 400 g/mol. The number of aryl methyl sites for hydroxylation is 2. The maximum Gasteiger partial charge on any atom is 0.345 e. The Morgan fingerprint density at radius 1 is 1.13 bits per heavy atom. The van der Waals surface area contributed by atoms with Crippen LogP contribution in [0.15, 0.2) is 21.9 Å². The van der Waals surface area contributed by atoms with Crippen molar-refractivity contribution >= 4 is 5.96 Å². The van der Waals surface area contributed by atoms with E-state index in [1.807, 2.05) is 12.1 Å². The van der Waals surface area contributed by atoms with E-state index in [1.165, 1.54) is 0 Å². The summed E-state index contributed by atoms with van der Waals surface area (Å²) >= 11 is 0. The summed E-state index contributed by atoms with van der Waals surface area (Å²) in [6.07, 6.45) is 3.80. The van der Waals surface area contributed by atoms with Gasteiger partial charge in [0.1, 0.15) is 5.82 Å². The minimum Gasteiger partial charge on any atom is -0.493 e. The van der Waals surface area contributed by atoms with Crippen LogP contribution >= 0.6 is 0 Å². The van der Waals surface area contributed by atoms with Crippen LogP contribution in [0.3, 0.4) is 0 Å². The lowest BCUT2D eigenvalue weighted by Crippen LogP contribution is -2.38. The summed E-state index contributed by atoms with van der Waals surface area (Å²) < 4.78 is 19.5. The Morgan fingerprint density at radius 2 is 1.87 bits per heavy atom. The third-order valence-corrected chi connectivity index (χ3v) is 5.28. The highest BCUT2D eigenvalue weighted by molar-refractivity contribution is 5.79. The van der Waals surface area contributed by atoms with Crippen molar-refractivity contribution in [3.63, 3.8) is 0 Å². The van der Waals surface area contributed by atoms with E-state index in [1.54, 1.807) is 37.6 Å². The second-order valence-electron chi connectivity index (χ2n) is 7.27. The predicted octanol–water partition coefficient (Wildman–Crippen LogP) is 1.16. The third kappa shape index (κ3) is 5.31. The van der Waals surface area contributed by atoms with Gasteiger partial charge in [0, 0.05) is 39.6 Å². The Bertz CT molecular complexity index is 940. The van der Waals surface area contributed by atoms with Gasteiger partial charge in [-0.3, -0.25) is 9.56 Å². The zero-order chi connectivity index (χ0) is 22.2. The highest BCUT2D eigenvalue weighted by Crippen LogP contribution is 2.38. The summed E-state index contributed by atoms with van der Waals surface area (Å²) in [5.74, 6) is 3.36. The average Bonchev–Trinajstić information content (AvgIpc) is 3.13. The van der Waals surface area contributed by atoms with Crippen molar-refractivity contribution in [2.45, 2.75) is 45.3 Å². The van der Waals surface area contributed by atoms with Crippen molar-refractivity contribution in [2.24, 2.45) is 4.99 Å². The summed E-state index contributed by atoms with van der Waals surface area (Å²) in [6.45, 7) is 2.56. The van der Waals surface area contributed by atoms with Gasteiger partial charge in [-0.2, -0.15) is 5.10 Å². The summed E-state index contributed by atoms with van der Waals surface area (Å²) in [5, 5.41) is 11.0. The first kappa shape index (κ1) is 22.5. The molecule has 1 aliphatic heterocycles. The van der Waals surface area contributed by atoms with E-state index >= 15 is 0 Å². The molecule has 0 spiro atoms. The topological polar surface area (TPSA) is 104 Å². The molecule has 0 bridgehead atoms. The Kier molecular flexibility index (Phi) is 7.80. The summed E-state index contributed by atoms with van der Waals surface area (Å²) in [4.78, 5) is 16.6. The molecule has 0 radical (unpaired) electrons. The fourth-order valence-electron chi connectivity index (χ4n) is 3.67. The van der Waals surface area contributed by atoms with Crippen LogP contribution in [0.4, 0.5) is 0 Å². The molecule has 170 valence electrons. The van der Waals surface area contributed by atoms with Crippen LogP contribution in [0.1, 0.15) is 30.7 Å². The molecule has 3 rings (SSSR count). The first-order valence-corrected chi connectivity index (χ1v) is 10.5. The third-order valence-electron chi connectivity index (χ3n) is 5.28. The lowest BCUT2D eigenvalue weighted by Gasteiger charge is -2.16. The van der Waals surface area contributed by atoms with Gasteiger partial charge in [0.25, 0.3) is 0 Å². The molecule has 10 heteroatoms. The molecule has 1 aliphatic rings. The number of fused-ring (bicyclic) bond motifs is 1. The van der Waals surface area contributed by atoms with Gasteiger partial charge in [0.15, 0.2) is 17.5 Å². The number of nitrogens with one attached hydrogen (secondary N) is 2. The van der Waals surface area contributed by atoms with Crippen molar-refractivity contribution in [1.29, 1.82) is 0 Å². The fraction of sp³-hybridized carbons (Fsp3) is 0.571. The Balaban J connectivity index is 1.50. The monoisotopic (exact) mass is 432 g/mol. The molecule has 2 N–H and O–H groups in total. The van der Waals surface area contributed by atoms with Gasteiger partial charge < -0.3 is 24.8 Å². The quantitative estimate of drug-likeness (QED) is 0.348. The van der Waals surface area contributed by atoms with Crippen LogP contribution in [0.25, 0.3) is 0 Å². The second-order valence-corrected chi connectivity index (χ2v) is 7.27. The summed E-state index contributed by atoms with van der Waals surface area (Å²) in [7, 11) is 6.49. The lowest BCUT2D eigenvalue weighted by molar-refractivity contribution is 0.323. The molecular formula is C21H32N6O4. The Hall–Kier alpha value is -3.17. The summed E-state index contributed by atoms with van der Waals surface area (Å²) in [6, 6.07) is 3.79. The molecule has 10 nitrogen and oxygen atoms in total. The Morgan fingerprint density at radius 3 is 2.48 bits per heavy atom. The van der Waals surface area contributed by atoms with Crippen molar-refractivity contribution < 1.29 is 14.2 Å².